The molecule has 4 heteroatoms. The van der Waals surface area contributed by atoms with E-state index >= 15 is 0 Å². The first-order chi connectivity index (χ1) is 8.56. The molecule has 2 aliphatic carbocycles. The SMILES string of the molecule is CC1CCC(CN)(C(=O)NC2(CO)CCC2)CC1. The van der Waals surface area contributed by atoms with Gasteiger partial charge in [-0.2, -0.15) is 0 Å². The van der Waals surface area contributed by atoms with Gasteiger partial charge in [0.25, 0.3) is 0 Å². The second-order valence-electron chi connectivity index (χ2n) is 6.41. The highest BCUT2D eigenvalue weighted by Crippen LogP contribution is 2.40. The average molecular weight is 254 g/mol. The lowest BCUT2D eigenvalue weighted by molar-refractivity contribution is -0.137. The van der Waals surface area contributed by atoms with Crippen LogP contribution in [-0.4, -0.2) is 29.7 Å². The topological polar surface area (TPSA) is 75.4 Å². The predicted octanol–water partition coefficient (Wildman–Crippen LogP) is 1.17. The predicted molar refractivity (Wildman–Crippen MR) is 70.9 cm³/mol. The van der Waals surface area contributed by atoms with Crippen LogP contribution >= 0.6 is 0 Å². The Morgan fingerprint density at radius 3 is 2.33 bits per heavy atom. The van der Waals surface area contributed by atoms with E-state index in [0.717, 1.165) is 44.9 Å². The number of hydrogen-bond donors (Lipinski definition) is 3. The Morgan fingerprint density at radius 1 is 1.33 bits per heavy atom. The zero-order chi connectivity index (χ0) is 13.2. The highest BCUT2D eigenvalue weighted by Gasteiger charge is 2.45. The van der Waals surface area contributed by atoms with Crippen LogP contribution in [0.1, 0.15) is 51.9 Å². The summed E-state index contributed by atoms with van der Waals surface area (Å²) in [6, 6.07) is 0. The lowest BCUT2D eigenvalue weighted by Crippen LogP contribution is -2.61. The van der Waals surface area contributed by atoms with Crippen molar-refractivity contribution in [1.82, 2.24) is 5.32 Å². The van der Waals surface area contributed by atoms with Crippen molar-refractivity contribution in [3.05, 3.63) is 0 Å². The van der Waals surface area contributed by atoms with Crippen LogP contribution in [0.2, 0.25) is 0 Å². The number of nitrogens with two attached hydrogens (primary N) is 1. The summed E-state index contributed by atoms with van der Waals surface area (Å²) in [4.78, 5) is 12.5. The third-order valence-corrected chi connectivity index (χ3v) is 5.10. The molecule has 0 aromatic rings. The van der Waals surface area contributed by atoms with Crippen LogP contribution in [0.4, 0.5) is 0 Å². The zero-order valence-electron chi connectivity index (χ0n) is 11.4. The molecule has 0 unspecified atom stereocenters. The molecule has 2 saturated carbocycles. The molecule has 18 heavy (non-hydrogen) atoms. The fourth-order valence-corrected chi connectivity index (χ4v) is 3.14. The van der Waals surface area contributed by atoms with Gasteiger partial charge in [-0.05, 0) is 50.9 Å². The first-order valence-corrected chi connectivity index (χ1v) is 7.19. The van der Waals surface area contributed by atoms with E-state index in [1.54, 1.807) is 0 Å². The molecule has 0 heterocycles. The van der Waals surface area contributed by atoms with Gasteiger partial charge in [-0.3, -0.25) is 4.79 Å². The Balaban J connectivity index is 2.01. The fourth-order valence-electron chi connectivity index (χ4n) is 3.14. The Morgan fingerprint density at radius 2 is 1.94 bits per heavy atom. The minimum Gasteiger partial charge on any atom is -0.394 e. The van der Waals surface area contributed by atoms with Gasteiger partial charge in [-0.1, -0.05) is 6.92 Å². The summed E-state index contributed by atoms with van der Waals surface area (Å²) in [5.74, 6) is 0.777. The second-order valence-corrected chi connectivity index (χ2v) is 6.41. The molecule has 0 radical (unpaired) electrons. The van der Waals surface area contributed by atoms with Crippen molar-refractivity contribution in [3.8, 4) is 0 Å². The Labute approximate surface area is 109 Å². The zero-order valence-corrected chi connectivity index (χ0v) is 11.4. The van der Waals surface area contributed by atoms with Crippen molar-refractivity contribution < 1.29 is 9.90 Å². The van der Waals surface area contributed by atoms with E-state index < -0.39 is 0 Å². The van der Waals surface area contributed by atoms with Gasteiger partial charge >= 0.3 is 0 Å². The number of aliphatic hydroxyl groups is 1. The van der Waals surface area contributed by atoms with Crippen molar-refractivity contribution in [2.45, 2.75) is 57.4 Å². The van der Waals surface area contributed by atoms with Crippen LogP contribution in [0.15, 0.2) is 0 Å². The average Bonchev–Trinajstić information content (AvgIpc) is 2.35. The van der Waals surface area contributed by atoms with Gasteiger partial charge in [0, 0.05) is 6.54 Å². The smallest absolute Gasteiger partial charge is 0.228 e. The lowest BCUT2D eigenvalue weighted by Gasteiger charge is -2.45. The first-order valence-electron chi connectivity index (χ1n) is 7.19. The van der Waals surface area contributed by atoms with Crippen molar-refractivity contribution in [2.24, 2.45) is 17.1 Å². The maximum absolute atomic E-state index is 12.5. The summed E-state index contributed by atoms with van der Waals surface area (Å²) in [5, 5.41) is 12.5. The maximum atomic E-state index is 12.5. The summed E-state index contributed by atoms with van der Waals surface area (Å²) in [6.45, 7) is 2.71. The Bertz CT molecular complexity index is 299. The number of carbonyl (C=O) groups excluding carboxylic acids is 1. The monoisotopic (exact) mass is 254 g/mol. The summed E-state index contributed by atoms with van der Waals surface area (Å²) in [6.07, 6.45) is 6.82. The van der Waals surface area contributed by atoms with Crippen molar-refractivity contribution in [3.63, 3.8) is 0 Å². The molecule has 0 aliphatic heterocycles. The summed E-state index contributed by atoms with van der Waals surface area (Å²) in [7, 11) is 0. The molecule has 2 rings (SSSR count). The molecular formula is C14H26N2O2. The molecule has 2 fully saturated rings. The molecule has 0 aromatic carbocycles. The van der Waals surface area contributed by atoms with E-state index in [0.29, 0.717) is 12.5 Å². The molecule has 0 spiro atoms. The minimum atomic E-state index is -0.385. The van der Waals surface area contributed by atoms with Crippen LogP contribution in [0.25, 0.3) is 0 Å². The van der Waals surface area contributed by atoms with Gasteiger partial charge in [0.05, 0.1) is 17.6 Å². The minimum absolute atomic E-state index is 0.0514. The molecule has 0 aromatic heterocycles. The molecule has 4 nitrogen and oxygen atoms in total. The molecule has 4 N–H and O–H groups in total. The van der Waals surface area contributed by atoms with Gasteiger partial charge in [-0.15, -0.1) is 0 Å². The summed E-state index contributed by atoms with van der Waals surface area (Å²) in [5.41, 5.74) is 5.15. The number of rotatable bonds is 4. The first kappa shape index (κ1) is 13.8. The number of carbonyl (C=O) groups is 1. The largest absolute Gasteiger partial charge is 0.394 e. The van der Waals surface area contributed by atoms with Gasteiger partial charge in [0.15, 0.2) is 0 Å². The Hall–Kier alpha value is -0.610. The highest BCUT2D eigenvalue weighted by molar-refractivity contribution is 5.83. The molecule has 0 atom stereocenters. The summed E-state index contributed by atoms with van der Waals surface area (Å²) < 4.78 is 0. The quantitative estimate of drug-likeness (QED) is 0.705. The molecule has 104 valence electrons. The Kier molecular flexibility index (Phi) is 3.97. The standard InChI is InChI=1S/C14H26N2O2/c1-11-3-7-13(9-15,8-4-11)12(18)16-14(10-17)5-2-6-14/h11,17H,2-10,15H2,1H3,(H,16,18). The van der Waals surface area contributed by atoms with E-state index in [1.165, 1.54) is 0 Å². The van der Waals surface area contributed by atoms with Crippen LogP contribution in [-0.2, 0) is 4.79 Å². The van der Waals surface area contributed by atoms with Crippen LogP contribution in [0.5, 0.6) is 0 Å². The van der Waals surface area contributed by atoms with Crippen LogP contribution < -0.4 is 11.1 Å². The molecular weight excluding hydrogens is 228 g/mol. The summed E-state index contributed by atoms with van der Waals surface area (Å²) >= 11 is 0. The third-order valence-electron chi connectivity index (χ3n) is 5.10. The number of nitrogens with one attached hydrogen (secondary N) is 1. The van der Waals surface area contributed by atoms with Crippen LogP contribution in [0.3, 0.4) is 0 Å². The maximum Gasteiger partial charge on any atom is 0.228 e. The fraction of sp³-hybridized carbons (Fsp3) is 0.929. The van der Waals surface area contributed by atoms with E-state index in [4.69, 9.17) is 5.73 Å². The number of aliphatic hydroxyl groups excluding tert-OH is 1. The van der Waals surface area contributed by atoms with Gasteiger partial charge in [0.1, 0.15) is 0 Å². The normalized spacial score (nSPS) is 34.7. The van der Waals surface area contributed by atoms with Gasteiger partial charge < -0.3 is 16.2 Å². The van der Waals surface area contributed by atoms with E-state index in [1.807, 2.05) is 0 Å². The number of hydrogen-bond acceptors (Lipinski definition) is 3. The lowest BCUT2D eigenvalue weighted by atomic mass is 9.69. The van der Waals surface area contributed by atoms with Crippen molar-refractivity contribution in [1.29, 1.82) is 0 Å². The third kappa shape index (κ3) is 2.41. The highest BCUT2D eigenvalue weighted by atomic mass is 16.3. The van der Waals surface area contributed by atoms with Crippen LogP contribution in [0, 0.1) is 11.3 Å². The van der Waals surface area contributed by atoms with Gasteiger partial charge in [0.2, 0.25) is 5.91 Å². The molecule has 0 bridgehead atoms. The van der Waals surface area contributed by atoms with Crippen molar-refractivity contribution in [2.75, 3.05) is 13.2 Å². The van der Waals surface area contributed by atoms with Crippen molar-refractivity contribution >= 4 is 5.91 Å². The molecule has 0 saturated heterocycles. The number of amides is 1. The van der Waals surface area contributed by atoms with E-state index in [2.05, 4.69) is 12.2 Å². The van der Waals surface area contributed by atoms with E-state index in [9.17, 15) is 9.90 Å². The molecule has 1 amide bonds. The van der Waals surface area contributed by atoms with E-state index in [-0.39, 0.29) is 23.5 Å². The second kappa shape index (κ2) is 5.17. The van der Waals surface area contributed by atoms with Gasteiger partial charge in [-0.25, -0.2) is 0 Å². The molecule has 2 aliphatic rings.